The molecule has 11 heteroatoms. The normalized spacial score (nSPS) is 21.7. The zero-order valence-corrected chi connectivity index (χ0v) is 22.5. The van der Waals surface area contributed by atoms with Crippen LogP contribution >= 0.6 is 0 Å². The van der Waals surface area contributed by atoms with Crippen LogP contribution in [0.1, 0.15) is 50.6 Å². The van der Waals surface area contributed by atoms with Crippen molar-refractivity contribution in [1.29, 1.82) is 0 Å². The van der Waals surface area contributed by atoms with E-state index in [1.54, 1.807) is 31.2 Å². The Labute approximate surface area is 222 Å². The predicted molar refractivity (Wildman–Crippen MR) is 142 cm³/mol. The second kappa shape index (κ2) is 11.6. The van der Waals surface area contributed by atoms with Crippen LogP contribution in [0.15, 0.2) is 64.2 Å². The van der Waals surface area contributed by atoms with E-state index in [0.717, 1.165) is 5.39 Å². The molecule has 1 aliphatic heterocycles. The highest BCUT2D eigenvalue weighted by atomic mass is 32.2. The lowest BCUT2D eigenvalue weighted by Crippen LogP contribution is -2.54. The van der Waals surface area contributed by atoms with Gasteiger partial charge in [-0.25, -0.2) is 13.4 Å². The summed E-state index contributed by atoms with van der Waals surface area (Å²) in [5.74, 6) is -0.753. The number of furan rings is 1. The van der Waals surface area contributed by atoms with Crippen LogP contribution in [0, 0.1) is 5.92 Å². The van der Waals surface area contributed by atoms with Gasteiger partial charge in [-0.1, -0.05) is 38.1 Å². The lowest BCUT2D eigenvalue weighted by atomic mass is 10.0. The molecule has 1 aromatic carbocycles. The standard InChI is InChI=1S/C27H34N4O6S/c1-17(2)14-21(30-27(34)24-15-19-8-4-5-9-23(19)37-24)26(33)29-20-12-11-18(3)31(16-22(20)32)38(35,36)25-10-6-7-13-28-25/h4-10,13,15,17-18,20-22,32H,11-12,14,16H2,1-3H3,(H,29,33)(H,30,34)/t18-,20-,21-,22-/m0/s1. The first-order valence-electron chi connectivity index (χ1n) is 12.8. The van der Waals surface area contributed by atoms with Crippen LogP contribution in [-0.2, 0) is 14.8 Å². The molecule has 1 fully saturated rings. The highest BCUT2D eigenvalue weighted by Crippen LogP contribution is 2.25. The van der Waals surface area contributed by atoms with Gasteiger partial charge in [0.2, 0.25) is 5.91 Å². The molecule has 4 atom stereocenters. The number of carbonyl (C=O) groups is 2. The fourth-order valence-corrected chi connectivity index (χ4v) is 6.29. The van der Waals surface area contributed by atoms with Gasteiger partial charge in [-0.3, -0.25) is 9.59 Å². The molecule has 1 aliphatic rings. The van der Waals surface area contributed by atoms with E-state index in [-0.39, 0.29) is 23.2 Å². The number of aliphatic hydroxyl groups excluding tert-OH is 1. The van der Waals surface area contributed by atoms with E-state index in [1.165, 1.54) is 16.6 Å². The van der Waals surface area contributed by atoms with Crippen molar-refractivity contribution in [3.8, 4) is 0 Å². The van der Waals surface area contributed by atoms with Crippen molar-refractivity contribution in [1.82, 2.24) is 19.9 Å². The van der Waals surface area contributed by atoms with Gasteiger partial charge >= 0.3 is 0 Å². The summed E-state index contributed by atoms with van der Waals surface area (Å²) >= 11 is 0. The van der Waals surface area contributed by atoms with Crippen molar-refractivity contribution in [2.24, 2.45) is 5.92 Å². The van der Waals surface area contributed by atoms with Gasteiger partial charge in [-0.15, -0.1) is 0 Å². The van der Waals surface area contributed by atoms with Crippen molar-refractivity contribution in [3.63, 3.8) is 0 Å². The largest absolute Gasteiger partial charge is 0.451 e. The molecule has 0 saturated carbocycles. The Morgan fingerprint density at radius 1 is 1.16 bits per heavy atom. The number of carbonyl (C=O) groups excluding carboxylic acids is 2. The number of aliphatic hydroxyl groups is 1. The Kier molecular flexibility index (Phi) is 8.49. The summed E-state index contributed by atoms with van der Waals surface area (Å²) in [5, 5.41) is 17.3. The average molecular weight is 543 g/mol. The summed E-state index contributed by atoms with van der Waals surface area (Å²) < 4.78 is 33.2. The smallest absolute Gasteiger partial charge is 0.287 e. The highest BCUT2D eigenvalue weighted by Gasteiger charge is 2.38. The monoisotopic (exact) mass is 542 g/mol. The van der Waals surface area contributed by atoms with Crippen molar-refractivity contribution >= 4 is 32.8 Å². The van der Waals surface area contributed by atoms with Crippen molar-refractivity contribution < 1.29 is 27.5 Å². The molecule has 2 amide bonds. The molecule has 4 rings (SSSR count). The Balaban J connectivity index is 1.46. The number of nitrogens with one attached hydrogen (secondary N) is 2. The Morgan fingerprint density at radius 3 is 2.58 bits per heavy atom. The van der Waals surface area contributed by atoms with E-state index in [2.05, 4.69) is 15.6 Å². The number of rotatable bonds is 8. The Morgan fingerprint density at radius 2 is 1.89 bits per heavy atom. The summed E-state index contributed by atoms with van der Waals surface area (Å²) in [7, 11) is -3.93. The first kappa shape index (κ1) is 27.7. The summed E-state index contributed by atoms with van der Waals surface area (Å²) in [4.78, 5) is 30.2. The molecule has 10 nitrogen and oxygen atoms in total. The van der Waals surface area contributed by atoms with E-state index in [0.29, 0.717) is 24.8 Å². The number of para-hydroxylation sites is 1. The minimum absolute atomic E-state index is 0.0909. The van der Waals surface area contributed by atoms with Gasteiger partial charge in [0, 0.05) is 24.2 Å². The van der Waals surface area contributed by atoms with Gasteiger partial charge in [0.05, 0.1) is 12.1 Å². The number of amides is 2. The molecule has 0 bridgehead atoms. The Bertz CT molecular complexity index is 1340. The van der Waals surface area contributed by atoms with Crippen LogP contribution in [0.2, 0.25) is 0 Å². The van der Waals surface area contributed by atoms with E-state index >= 15 is 0 Å². The Hall–Kier alpha value is -3.28. The molecule has 0 aliphatic carbocycles. The summed E-state index contributed by atoms with van der Waals surface area (Å²) in [5.41, 5.74) is 0.573. The molecule has 1 saturated heterocycles. The van der Waals surface area contributed by atoms with E-state index in [4.69, 9.17) is 4.42 Å². The van der Waals surface area contributed by atoms with Crippen LogP contribution in [0.25, 0.3) is 11.0 Å². The number of sulfonamides is 1. The predicted octanol–water partition coefficient (Wildman–Crippen LogP) is 2.69. The van der Waals surface area contributed by atoms with E-state index in [9.17, 15) is 23.1 Å². The minimum atomic E-state index is -3.93. The molecule has 0 radical (unpaired) electrons. The first-order valence-corrected chi connectivity index (χ1v) is 14.2. The zero-order valence-electron chi connectivity index (χ0n) is 21.7. The molecule has 3 aromatic rings. The third-order valence-electron chi connectivity index (χ3n) is 6.74. The summed E-state index contributed by atoms with van der Waals surface area (Å²) in [6, 6.07) is 11.6. The van der Waals surface area contributed by atoms with Crippen molar-refractivity contribution in [2.45, 2.75) is 69.3 Å². The van der Waals surface area contributed by atoms with Crippen molar-refractivity contribution in [3.05, 3.63) is 60.5 Å². The molecule has 0 spiro atoms. The average Bonchev–Trinajstić information content (AvgIpc) is 3.27. The number of fused-ring (bicyclic) bond motifs is 1. The summed E-state index contributed by atoms with van der Waals surface area (Å²) in [6.07, 6.45) is 1.43. The molecule has 2 aromatic heterocycles. The zero-order chi connectivity index (χ0) is 27.4. The van der Waals surface area contributed by atoms with Gasteiger partial charge in [0.1, 0.15) is 11.6 Å². The number of pyridine rings is 1. The number of hydrogen-bond acceptors (Lipinski definition) is 7. The molecule has 3 heterocycles. The second-order valence-electron chi connectivity index (χ2n) is 10.2. The van der Waals surface area contributed by atoms with Gasteiger partial charge in [-0.05, 0) is 56.4 Å². The quantitative estimate of drug-likeness (QED) is 0.397. The van der Waals surface area contributed by atoms with E-state index in [1.807, 2.05) is 32.0 Å². The number of aromatic nitrogens is 1. The third kappa shape index (κ3) is 6.23. The van der Waals surface area contributed by atoms with Gasteiger partial charge < -0.3 is 20.2 Å². The van der Waals surface area contributed by atoms with Crippen LogP contribution in [0.4, 0.5) is 0 Å². The molecular formula is C27H34N4O6S. The SMILES string of the molecule is CC(C)C[C@H](NC(=O)c1cc2ccccc2o1)C(=O)N[C@H]1CC[C@H](C)N(S(=O)(=O)c2ccccn2)C[C@@H]1O. The highest BCUT2D eigenvalue weighted by molar-refractivity contribution is 7.89. The van der Waals surface area contributed by atoms with E-state index < -0.39 is 46.1 Å². The molecule has 3 N–H and O–H groups in total. The van der Waals surface area contributed by atoms with Gasteiger partial charge in [0.15, 0.2) is 10.8 Å². The molecule has 204 valence electrons. The molecule has 38 heavy (non-hydrogen) atoms. The van der Waals surface area contributed by atoms with Crippen LogP contribution in [0.5, 0.6) is 0 Å². The maximum absolute atomic E-state index is 13.3. The lowest BCUT2D eigenvalue weighted by Gasteiger charge is -2.28. The maximum atomic E-state index is 13.3. The fourth-order valence-electron chi connectivity index (χ4n) is 4.68. The maximum Gasteiger partial charge on any atom is 0.287 e. The number of benzene rings is 1. The minimum Gasteiger partial charge on any atom is -0.451 e. The molecular weight excluding hydrogens is 508 g/mol. The molecule has 0 unspecified atom stereocenters. The summed E-state index contributed by atoms with van der Waals surface area (Å²) in [6.45, 7) is 5.46. The van der Waals surface area contributed by atoms with Crippen LogP contribution < -0.4 is 10.6 Å². The number of nitrogens with zero attached hydrogens (tertiary/aromatic N) is 2. The van der Waals surface area contributed by atoms with Crippen LogP contribution in [0.3, 0.4) is 0 Å². The van der Waals surface area contributed by atoms with Gasteiger partial charge in [-0.2, -0.15) is 4.31 Å². The third-order valence-corrected chi connectivity index (χ3v) is 8.63. The second-order valence-corrected chi connectivity index (χ2v) is 12.0. The van der Waals surface area contributed by atoms with Gasteiger partial charge in [0.25, 0.3) is 15.9 Å². The van der Waals surface area contributed by atoms with Crippen LogP contribution in [-0.4, -0.2) is 65.4 Å². The lowest BCUT2D eigenvalue weighted by molar-refractivity contribution is -0.125. The topological polar surface area (TPSA) is 142 Å². The van der Waals surface area contributed by atoms with Crippen molar-refractivity contribution in [2.75, 3.05) is 6.54 Å². The fraction of sp³-hybridized carbons (Fsp3) is 0.444. The number of hydrogen-bond donors (Lipinski definition) is 3. The number of β-amino-alcohol motifs (C(OH)–C–C–N with tert-alkyl or cyclic N) is 1. The first-order chi connectivity index (χ1) is 18.1.